The number of anilines is 2. The van der Waals surface area contributed by atoms with Gasteiger partial charge in [0.05, 0.1) is 5.69 Å². The second-order valence-corrected chi connectivity index (χ2v) is 10.2. The Labute approximate surface area is 223 Å². The first-order valence-corrected chi connectivity index (χ1v) is 13.3. The molecule has 196 valence electrons. The molecule has 0 unspecified atom stereocenters. The van der Waals surface area contributed by atoms with Gasteiger partial charge < -0.3 is 15.0 Å². The molecule has 3 saturated heterocycles. The minimum atomic E-state index is -0.408. The maximum atomic E-state index is 13.1. The lowest BCUT2D eigenvalue weighted by molar-refractivity contribution is -0.116. The molecule has 6 rings (SSSR count). The highest BCUT2D eigenvalue weighted by Gasteiger charge is 2.42. The number of amides is 2. The smallest absolute Gasteiger partial charge is 0.412 e. The van der Waals surface area contributed by atoms with E-state index in [0.29, 0.717) is 36.2 Å². The molecular formula is C31H33N3O4. The molecular weight excluding hydrogens is 478 g/mol. The van der Waals surface area contributed by atoms with Crippen LogP contribution in [0.4, 0.5) is 16.2 Å². The van der Waals surface area contributed by atoms with Crippen molar-refractivity contribution in [1.29, 1.82) is 0 Å². The Kier molecular flexibility index (Phi) is 7.84. The molecule has 3 fully saturated rings. The molecule has 0 aliphatic carbocycles. The van der Waals surface area contributed by atoms with E-state index in [-0.39, 0.29) is 11.5 Å². The first-order chi connectivity index (χ1) is 18.5. The first kappa shape index (κ1) is 25.7. The summed E-state index contributed by atoms with van der Waals surface area (Å²) < 4.78 is 6.04. The fourth-order valence-corrected chi connectivity index (χ4v) is 5.32. The molecule has 0 spiro atoms. The highest BCUT2D eigenvalue weighted by Crippen LogP contribution is 2.36. The van der Waals surface area contributed by atoms with E-state index in [0.717, 1.165) is 61.9 Å². The summed E-state index contributed by atoms with van der Waals surface area (Å²) in [6, 6.07) is 22.8. The van der Waals surface area contributed by atoms with Gasteiger partial charge in [-0.2, -0.15) is 0 Å². The van der Waals surface area contributed by atoms with Crippen molar-refractivity contribution in [3.63, 3.8) is 0 Å². The van der Waals surface area contributed by atoms with Gasteiger partial charge in [0.2, 0.25) is 5.91 Å². The van der Waals surface area contributed by atoms with E-state index in [1.807, 2.05) is 48.5 Å². The number of aryl methyl sites for hydroxylation is 1. The summed E-state index contributed by atoms with van der Waals surface area (Å²) in [5.41, 5.74) is 4.57. The molecule has 7 heteroatoms. The van der Waals surface area contributed by atoms with Gasteiger partial charge in [-0.05, 0) is 54.3 Å². The van der Waals surface area contributed by atoms with Gasteiger partial charge in [0.25, 0.3) is 0 Å². The highest BCUT2D eigenvalue weighted by atomic mass is 16.6. The number of aldehydes is 1. The molecule has 7 nitrogen and oxygen atoms in total. The van der Waals surface area contributed by atoms with Crippen molar-refractivity contribution in [2.75, 3.05) is 30.3 Å². The van der Waals surface area contributed by atoms with Crippen LogP contribution in [-0.2, 0) is 16.0 Å². The Balaban J connectivity index is 1.23. The third-order valence-corrected chi connectivity index (χ3v) is 7.57. The molecule has 3 aliphatic rings. The van der Waals surface area contributed by atoms with E-state index in [1.54, 1.807) is 24.3 Å². The number of hydrogen-bond acceptors (Lipinski definition) is 5. The quantitative estimate of drug-likeness (QED) is 0.349. The third-order valence-electron chi connectivity index (χ3n) is 7.57. The van der Waals surface area contributed by atoms with Gasteiger partial charge in [0.1, 0.15) is 11.9 Å². The second-order valence-electron chi connectivity index (χ2n) is 10.2. The molecule has 38 heavy (non-hydrogen) atoms. The number of hydrogen-bond donors (Lipinski definition) is 2. The SMILES string of the molecule is O=Cc1ccc(NC(=O)CCCc2ccc(-c3ccccc3)c(NC(=O)OC34CCN(CC3)CC4)c2)cc1. The van der Waals surface area contributed by atoms with Gasteiger partial charge in [-0.15, -0.1) is 0 Å². The van der Waals surface area contributed by atoms with Crippen LogP contribution in [0.5, 0.6) is 0 Å². The van der Waals surface area contributed by atoms with Crippen molar-refractivity contribution in [2.45, 2.75) is 44.1 Å². The average molecular weight is 512 g/mol. The third kappa shape index (κ3) is 6.29. The molecule has 0 saturated carbocycles. The Hall–Kier alpha value is -3.97. The van der Waals surface area contributed by atoms with Crippen LogP contribution in [0.25, 0.3) is 11.1 Å². The van der Waals surface area contributed by atoms with Crippen molar-refractivity contribution in [3.05, 3.63) is 83.9 Å². The largest absolute Gasteiger partial charge is 0.443 e. The lowest BCUT2D eigenvalue weighted by Crippen LogP contribution is -2.54. The Morgan fingerprint density at radius 3 is 2.29 bits per heavy atom. The number of fused-ring (bicyclic) bond motifs is 3. The summed E-state index contributed by atoms with van der Waals surface area (Å²) in [5, 5.41) is 5.90. The Bertz CT molecular complexity index is 1270. The zero-order valence-electron chi connectivity index (χ0n) is 21.4. The Morgan fingerprint density at radius 2 is 1.61 bits per heavy atom. The van der Waals surface area contributed by atoms with Crippen LogP contribution in [-0.4, -0.2) is 48.4 Å². The predicted octanol–water partition coefficient (Wildman–Crippen LogP) is 5.91. The van der Waals surface area contributed by atoms with Crippen molar-refractivity contribution in [1.82, 2.24) is 4.90 Å². The van der Waals surface area contributed by atoms with Crippen LogP contribution in [0.2, 0.25) is 0 Å². The van der Waals surface area contributed by atoms with Gasteiger partial charge in [0, 0.05) is 62.1 Å². The standard InChI is InChI=1S/C31H33N3O4/c35-22-24-9-12-26(13-10-24)32-29(36)8-4-5-23-11-14-27(25-6-2-1-3-7-25)28(21-23)33-30(37)38-31-15-18-34(19-16-31)20-17-31/h1-3,6-7,9-14,21-22H,4-5,8,15-20H2,(H,32,36)(H,33,37). The van der Waals surface area contributed by atoms with E-state index in [9.17, 15) is 14.4 Å². The maximum Gasteiger partial charge on any atom is 0.412 e. The molecule has 0 radical (unpaired) electrons. The Morgan fingerprint density at radius 1 is 0.895 bits per heavy atom. The second kappa shape index (κ2) is 11.6. The van der Waals surface area contributed by atoms with Gasteiger partial charge in [-0.3, -0.25) is 14.9 Å². The lowest BCUT2D eigenvalue weighted by Gasteiger charge is -2.47. The number of nitrogens with one attached hydrogen (secondary N) is 2. The van der Waals surface area contributed by atoms with Crippen LogP contribution < -0.4 is 10.6 Å². The average Bonchev–Trinajstić information content (AvgIpc) is 2.95. The molecule has 0 atom stereocenters. The fraction of sp³-hybridized carbons (Fsp3) is 0.323. The first-order valence-electron chi connectivity index (χ1n) is 13.3. The molecule has 3 heterocycles. The molecule has 2 N–H and O–H groups in total. The number of carbonyl (C=O) groups is 3. The topological polar surface area (TPSA) is 87.7 Å². The van der Waals surface area contributed by atoms with Gasteiger partial charge in [0.15, 0.2) is 0 Å². The minimum absolute atomic E-state index is 0.0792. The zero-order chi connectivity index (χ0) is 26.4. The van der Waals surface area contributed by atoms with Crippen molar-refractivity contribution in [2.24, 2.45) is 0 Å². The number of piperidine rings is 3. The minimum Gasteiger partial charge on any atom is -0.443 e. The van der Waals surface area contributed by atoms with Gasteiger partial charge in [-0.25, -0.2) is 4.79 Å². The molecule has 3 aromatic carbocycles. The van der Waals surface area contributed by atoms with Gasteiger partial charge in [-0.1, -0.05) is 42.5 Å². The van der Waals surface area contributed by atoms with Crippen molar-refractivity contribution in [3.8, 4) is 11.1 Å². The van der Waals surface area contributed by atoms with Crippen molar-refractivity contribution >= 4 is 29.7 Å². The van der Waals surface area contributed by atoms with Crippen molar-refractivity contribution < 1.29 is 19.1 Å². The predicted molar refractivity (Wildman–Crippen MR) is 148 cm³/mol. The van der Waals surface area contributed by atoms with E-state index < -0.39 is 6.09 Å². The molecule has 3 aromatic rings. The van der Waals surface area contributed by atoms with E-state index in [4.69, 9.17) is 4.74 Å². The van der Waals surface area contributed by atoms with E-state index >= 15 is 0 Å². The number of ether oxygens (including phenoxy) is 1. The lowest BCUT2D eigenvalue weighted by atomic mass is 9.83. The molecule has 3 aliphatic heterocycles. The zero-order valence-corrected chi connectivity index (χ0v) is 21.4. The van der Waals surface area contributed by atoms with E-state index in [2.05, 4.69) is 15.5 Å². The fourth-order valence-electron chi connectivity index (χ4n) is 5.32. The number of carbonyl (C=O) groups excluding carboxylic acids is 3. The number of rotatable bonds is 9. The van der Waals surface area contributed by atoms with Crippen LogP contribution >= 0.6 is 0 Å². The monoisotopic (exact) mass is 511 g/mol. The normalized spacial score (nSPS) is 19.9. The highest BCUT2D eigenvalue weighted by molar-refractivity contribution is 5.92. The number of nitrogens with zero attached hydrogens (tertiary/aromatic N) is 1. The number of benzene rings is 3. The molecule has 2 amide bonds. The molecule has 0 aromatic heterocycles. The van der Waals surface area contributed by atoms with Crippen LogP contribution in [0, 0.1) is 0 Å². The van der Waals surface area contributed by atoms with Gasteiger partial charge >= 0.3 is 6.09 Å². The van der Waals surface area contributed by atoms with Crippen LogP contribution in [0.3, 0.4) is 0 Å². The van der Waals surface area contributed by atoms with Crippen LogP contribution in [0.15, 0.2) is 72.8 Å². The summed E-state index contributed by atoms with van der Waals surface area (Å²) in [5.74, 6) is -0.0792. The van der Waals surface area contributed by atoms with Crippen LogP contribution in [0.1, 0.15) is 48.0 Å². The molecule has 2 bridgehead atoms. The summed E-state index contributed by atoms with van der Waals surface area (Å²) in [6.07, 6.45) is 4.73. The maximum absolute atomic E-state index is 13.1. The summed E-state index contributed by atoms with van der Waals surface area (Å²) in [4.78, 5) is 38.7. The summed E-state index contributed by atoms with van der Waals surface area (Å²) in [7, 11) is 0. The summed E-state index contributed by atoms with van der Waals surface area (Å²) in [6.45, 7) is 2.95. The summed E-state index contributed by atoms with van der Waals surface area (Å²) >= 11 is 0. The van der Waals surface area contributed by atoms with E-state index in [1.165, 1.54) is 0 Å².